The summed E-state index contributed by atoms with van der Waals surface area (Å²) in [4.78, 5) is 20.9. The fourth-order valence-corrected chi connectivity index (χ4v) is 5.36. The largest absolute Gasteiger partial charge is 0.364 e. The summed E-state index contributed by atoms with van der Waals surface area (Å²) in [5.74, 6) is 1.59. The number of hydrogen-bond donors (Lipinski definition) is 1. The van der Waals surface area contributed by atoms with Crippen molar-refractivity contribution < 1.29 is 0 Å². The van der Waals surface area contributed by atoms with E-state index in [1.165, 1.54) is 28.7 Å². The van der Waals surface area contributed by atoms with E-state index in [4.69, 9.17) is 9.97 Å². The second-order valence-electron chi connectivity index (χ2n) is 7.42. The molecular formula is C22H19N7S. The number of rotatable bonds is 4. The molecule has 8 heteroatoms. The number of thiophene rings is 1. The Morgan fingerprint density at radius 3 is 2.93 bits per heavy atom. The van der Waals surface area contributed by atoms with E-state index >= 15 is 0 Å². The molecule has 5 heterocycles. The summed E-state index contributed by atoms with van der Waals surface area (Å²) in [5.41, 5.74) is 4.21. The molecule has 1 N–H and O–H groups in total. The van der Waals surface area contributed by atoms with Crippen LogP contribution in [0, 0.1) is 0 Å². The normalized spacial score (nSPS) is 13.6. The van der Waals surface area contributed by atoms with Gasteiger partial charge in [-0.05, 0) is 49.4 Å². The molecule has 148 valence electrons. The van der Waals surface area contributed by atoms with Crippen LogP contribution >= 0.6 is 11.3 Å². The molecule has 0 spiro atoms. The summed E-state index contributed by atoms with van der Waals surface area (Å²) in [7, 11) is 0. The maximum atomic E-state index is 4.93. The summed E-state index contributed by atoms with van der Waals surface area (Å²) < 4.78 is 1.86. The van der Waals surface area contributed by atoms with Gasteiger partial charge in [0.05, 0.1) is 23.8 Å². The predicted molar refractivity (Wildman–Crippen MR) is 118 cm³/mol. The van der Waals surface area contributed by atoms with Crippen molar-refractivity contribution in [1.29, 1.82) is 0 Å². The molecule has 0 fully saturated rings. The van der Waals surface area contributed by atoms with E-state index in [9.17, 15) is 0 Å². The van der Waals surface area contributed by atoms with Crippen LogP contribution in [0.15, 0.2) is 49.1 Å². The number of nitrogens with zero attached hydrogens (tertiary/aromatic N) is 6. The number of aryl methyl sites for hydroxylation is 2. The lowest BCUT2D eigenvalue weighted by Crippen LogP contribution is -2.09. The monoisotopic (exact) mass is 413 g/mol. The van der Waals surface area contributed by atoms with Crippen LogP contribution < -0.4 is 5.32 Å². The first kappa shape index (κ1) is 17.5. The van der Waals surface area contributed by atoms with Gasteiger partial charge in [0, 0.05) is 35.1 Å². The average molecular weight is 414 g/mol. The Morgan fingerprint density at radius 2 is 2.00 bits per heavy atom. The Kier molecular flexibility index (Phi) is 4.16. The first-order valence-electron chi connectivity index (χ1n) is 10.1. The number of fused-ring (bicyclic) bond motifs is 4. The van der Waals surface area contributed by atoms with Gasteiger partial charge in [0.15, 0.2) is 11.5 Å². The van der Waals surface area contributed by atoms with Crippen molar-refractivity contribution in [2.24, 2.45) is 0 Å². The Morgan fingerprint density at radius 1 is 1.03 bits per heavy atom. The number of aromatic nitrogens is 6. The highest BCUT2D eigenvalue weighted by Crippen LogP contribution is 2.39. The first-order valence-corrected chi connectivity index (χ1v) is 10.9. The van der Waals surface area contributed by atoms with Crippen molar-refractivity contribution in [2.75, 3.05) is 5.32 Å². The van der Waals surface area contributed by atoms with Crippen LogP contribution in [0.3, 0.4) is 0 Å². The highest BCUT2D eigenvalue weighted by Gasteiger charge is 2.21. The number of pyridine rings is 1. The molecule has 5 aromatic heterocycles. The SMILES string of the molecule is c1cncc(-c2nc(NCc3ccnc4ccnn34)c3c4c(sc3n2)CCCC4)c1. The Balaban J connectivity index is 1.47. The van der Waals surface area contributed by atoms with Gasteiger partial charge in [-0.15, -0.1) is 11.3 Å². The minimum atomic E-state index is 0.601. The molecule has 0 saturated heterocycles. The van der Waals surface area contributed by atoms with E-state index in [1.807, 2.05) is 52.5 Å². The van der Waals surface area contributed by atoms with Gasteiger partial charge >= 0.3 is 0 Å². The maximum absolute atomic E-state index is 4.93. The summed E-state index contributed by atoms with van der Waals surface area (Å²) in [6, 6.07) is 7.81. The lowest BCUT2D eigenvalue weighted by atomic mass is 9.97. The van der Waals surface area contributed by atoms with Crippen LogP contribution in [0.5, 0.6) is 0 Å². The summed E-state index contributed by atoms with van der Waals surface area (Å²) >= 11 is 1.81. The van der Waals surface area contributed by atoms with Gasteiger partial charge in [-0.3, -0.25) is 4.98 Å². The van der Waals surface area contributed by atoms with Crippen molar-refractivity contribution in [3.63, 3.8) is 0 Å². The van der Waals surface area contributed by atoms with Gasteiger partial charge < -0.3 is 5.32 Å². The smallest absolute Gasteiger partial charge is 0.164 e. The van der Waals surface area contributed by atoms with Gasteiger partial charge in [-0.2, -0.15) is 5.10 Å². The Bertz CT molecular complexity index is 1360. The zero-order chi connectivity index (χ0) is 19.9. The van der Waals surface area contributed by atoms with Crippen LogP contribution in [-0.2, 0) is 19.4 Å². The number of anilines is 1. The van der Waals surface area contributed by atoms with Crippen LogP contribution in [-0.4, -0.2) is 29.5 Å². The minimum absolute atomic E-state index is 0.601. The van der Waals surface area contributed by atoms with Crippen molar-refractivity contribution in [3.8, 4) is 11.4 Å². The fraction of sp³-hybridized carbons (Fsp3) is 0.227. The molecule has 0 atom stereocenters. The lowest BCUT2D eigenvalue weighted by molar-refractivity contribution is 0.700. The van der Waals surface area contributed by atoms with Gasteiger partial charge in [-0.25, -0.2) is 19.5 Å². The fourth-order valence-electron chi connectivity index (χ4n) is 4.10. The van der Waals surface area contributed by atoms with E-state index in [-0.39, 0.29) is 0 Å². The molecular weight excluding hydrogens is 394 g/mol. The molecule has 30 heavy (non-hydrogen) atoms. The lowest BCUT2D eigenvalue weighted by Gasteiger charge is -2.14. The number of hydrogen-bond acceptors (Lipinski definition) is 7. The Labute approximate surface area is 176 Å². The summed E-state index contributed by atoms with van der Waals surface area (Å²) in [6.45, 7) is 0.601. The third kappa shape index (κ3) is 2.91. The van der Waals surface area contributed by atoms with E-state index in [2.05, 4.69) is 20.4 Å². The first-order chi connectivity index (χ1) is 14.9. The van der Waals surface area contributed by atoms with E-state index in [0.29, 0.717) is 12.4 Å². The van der Waals surface area contributed by atoms with Crippen molar-refractivity contribution in [2.45, 2.75) is 32.2 Å². The molecule has 5 aromatic rings. The zero-order valence-corrected chi connectivity index (χ0v) is 17.1. The molecule has 1 aliphatic carbocycles. The van der Waals surface area contributed by atoms with Crippen LogP contribution in [0.2, 0.25) is 0 Å². The quantitative estimate of drug-likeness (QED) is 0.473. The van der Waals surface area contributed by atoms with Crippen LogP contribution in [0.4, 0.5) is 5.82 Å². The summed E-state index contributed by atoms with van der Waals surface area (Å²) in [6.07, 6.45) is 11.9. The Hall–Kier alpha value is -3.39. The molecule has 0 radical (unpaired) electrons. The van der Waals surface area contributed by atoms with Gasteiger partial charge in [0.2, 0.25) is 0 Å². The highest BCUT2D eigenvalue weighted by molar-refractivity contribution is 7.19. The predicted octanol–water partition coefficient (Wildman–Crippen LogP) is 4.29. The van der Waals surface area contributed by atoms with Crippen molar-refractivity contribution >= 4 is 33.0 Å². The van der Waals surface area contributed by atoms with Gasteiger partial charge in [0.25, 0.3) is 0 Å². The second-order valence-corrected chi connectivity index (χ2v) is 8.50. The maximum Gasteiger partial charge on any atom is 0.164 e. The van der Waals surface area contributed by atoms with Gasteiger partial charge in [0.1, 0.15) is 10.6 Å². The average Bonchev–Trinajstić information content (AvgIpc) is 3.42. The topological polar surface area (TPSA) is 80.9 Å². The third-order valence-electron chi connectivity index (χ3n) is 5.54. The molecule has 0 aromatic carbocycles. The van der Waals surface area contributed by atoms with Gasteiger partial charge in [-0.1, -0.05) is 0 Å². The highest BCUT2D eigenvalue weighted by atomic mass is 32.1. The van der Waals surface area contributed by atoms with E-state index < -0.39 is 0 Å². The standard InChI is InChI=1S/C22H19N7S/c1-2-6-17-16(5-1)19-21(25-13-15-7-10-24-18-8-11-26-29(15)18)27-20(28-22(19)30-17)14-4-3-9-23-12-14/h3-4,7-12H,1-2,5-6,13H2,(H,25,27,28). The van der Waals surface area contributed by atoms with Crippen molar-refractivity contribution in [1.82, 2.24) is 29.5 Å². The molecule has 0 amide bonds. The molecule has 1 aliphatic rings. The molecule has 0 bridgehead atoms. The molecule has 0 aliphatic heterocycles. The van der Waals surface area contributed by atoms with E-state index in [0.717, 1.165) is 40.4 Å². The summed E-state index contributed by atoms with van der Waals surface area (Å²) in [5, 5.41) is 9.15. The number of nitrogens with one attached hydrogen (secondary N) is 1. The van der Waals surface area contributed by atoms with Crippen LogP contribution in [0.25, 0.3) is 27.3 Å². The molecule has 0 saturated carbocycles. The zero-order valence-electron chi connectivity index (χ0n) is 16.2. The third-order valence-corrected chi connectivity index (χ3v) is 6.73. The minimum Gasteiger partial charge on any atom is -0.364 e. The molecule has 6 rings (SSSR count). The van der Waals surface area contributed by atoms with E-state index in [1.54, 1.807) is 12.4 Å². The molecule has 0 unspecified atom stereocenters. The second kappa shape index (κ2) is 7.14. The van der Waals surface area contributed by atoms with Crippen LogP contribution in [0.1, 0.15) is 29.0 Å². The van der Waals surface area contributed by atoms with Crippen molar-refractivity contribution in [3.05, 3.63) is 65.2 Å². The molecule has 7 nitrogen and oxygen atoms in total.